The van der Waals surface area contributed by atoms with Crippen LogP contribution in [0.5, 0.6) is 0 Å². The van der Waals surface area contributed by atoms with E-state index in [9.17, 15) is 22.8 Å². The summed E-state index contributed by atoms with van der Waals surface area (Å²) in [4.78, 5) is 33.4. The van der Waals surface area contributed by atoms with E-state index in [0.717, 1.165) is 5.56 Å². The Morgan fingerprint density at radius 3 is 2.42 bits per heavy atom. The van der Waals surface area contributed by atoms with E-state index >= 15 is 0 Å². The van der Waals surface area contributed by atoms with Crippen molar-refractivity contribution >= 4 is 27.8 Å². The highest BCUT2D eigenvalue weighted by atomic mass is 32.2. The van der Waals surface area contributed by atoms with Crippen LogP contribution in [-0.2, 0) is 29.1 Å². The van der Waals surface area contributed by atoms with E-state index < -0.39 is 41.0 Å². The molecule has 1 aromatic rings. The zero-order valence-electron chi connectivity index (χ0n) is 13.5. The second kappa shape index (κ2) is 8.41. The standard InChI is InChI=1S/C14H19N3O6S/c1-9-4-5-10(2)12(6-9)24(21,22)15-7-14(20)23-8-13(19)17-16-11(3)18/h4-6,15H,7-8H2,1-3H3,(H,16,18)(H,17,19). The first-order valence-corrected chi connectivity index (χ1v) is 8.38. The summed E-state index contributed by atoms with van der Waals surface area (Å²) >= 11 is 0. The van der Waals surface area contributed by atoms with Crippen LogP contribution < -0.4 is 15.6 Å². The predicted octanol–water partition coefficient (Wildman–Crippen LogP) is -0.708. The van der Waals surface area contributed by atoms with Gasteiger partial charge in [-0.15, -0.1) is 0 Å². The normalized spacial score (nSPS) is 10.8. The number of carbonyl (C=O) groups is 3. The first-order chi connectivity index (χ1) is 11.1. The maximum atomic E-state index is 12.2. The van der Waals surface area contributed by atoms with Gasteiger partial charge in [0.05, 0.1) is 4.90 Å². The molecule has 24 heavy (non-hydrogen) atoms. The molecular weight excluding hydrogens is 338 g/mol. The molecule has 0 saturated heterocycles. The summed E-state index contributed by atoms with van der Waals surface area (Å²) < 4.78 is 31.1. The van der Waals surface area contributed by atoms with E-state index in [1.165, 1.54) is 13.0 Å². The van der Waals surface area contributed by atoms with Crippen LogP contribution in [0.4, 0.5) is 0 Å². The van der Waals surface area contributed by atoms with Crippen LogP contribution in [0.3, 0.4) is 0 Å². The Hall–Kier alpha value is -2.46. The van der Waals surface area contributed by atoms with Crippen molar-refractivity contribution in [2.24, 2.45) is 0 Å². The van der Waals surface area contributed by atoms with Gasteiger partial charge < -0.3 is 4.74 Å². The Morgan fingerprint density at radius 2 is 1.79 bits per heavy atom. The topological polar surface area (TPSA) is 131 Å². The molecule has 0 aliphatic heterocycles. The molecule has 0 heterocycles. The van der Waals surface area contributed by atoms with Crippen molar-refractivity contribution in [1.29, 1.82) is 0 Å². The molecule has 0 aliphatic rings. The maximum Gasteiger partial charge on any atom is 0.321 e. The fourth-order valence-electron chi connectivity index (χ4n) is 1.62. The number of benzene rings is 1. The summed E-state index contributed by atoms with van der Waals surface area (Å²) in [6.07, 6.45) is 0. The van der Waals surface area contributed by atoms with E-state index in [1.54, 1.807) is 26.0 Å². The Morgan fingerprint density at radius 1 is 1.12 bits per heavy atom. The molecule has 0 aliphatic carbocycles. The zero-order chi connectivity index (χ0) is 18.3. The van der Waals surface area contributed by atoms with Crippen LogP contribution in [0.25, 0.3) is 0 Å². The van der Waals surface area contributed by atoms with Crippen molar-refractivity contribution in [2.75, 3.05) is 13.2 Å². The number of ether oxygens (including phenoxy) is 1. The minimum Gasteiger partial charge on any atom is -0.455 e. The van der Waals surface area contributed by atoms with Gasteiger partial charge in [0.15, 0.2) is 6.61 Å². The number of nitrogens with one attached hydrogen (secondary N) is 3. The Labute approximate surface area is 139 Å². The minimum atomic E-state index is -3.88. The van der Waals surface area contributed by atoms with Gasteiger partial charge in [0.1, 0.15) is 6.54 Å². The minimum absolute atomic E-state index is 0.0682. The van der Waals surface area contributed by atoms with Gasteiger partial charge in [-0.25, -0.2) is 8.42 Å². The predicted molar refractivity (Wildman–Crippen MR) is 84.0 cm³/mol. The second-order valence-electron chi connectivity index (χ2n) is 4.98. The van der Waals surface area contributed by atoms with Crippen molar-refractivity contribution in [3.05, 3.63) is 29.3 Å². The van der Waals surface area contributed by atoms with Crippen LogP contribution in [0.15, 0.2) is 23.1 Å². The highest BCUT2D eigenvalue weighted by Crippen LogP contribution is 2.16. The fraction of sp³-hybridized carbons (Fsp3) is 0.357. The number of rotatable bonds is 6. The average molecular weight is 357 g/mol. The number of amides is 2. The van der Waals surface area contributed by atoms with Crippen molar-refractivity contribution in [3.63, 3.8) is 0 Å². The summed E-state index contributed by atoms with van der Waals surface area (Å²) in [5.41, 5.74) is 5.31. The van der Waals surface area contributed by atoms with Gasteiger partial charge >= 0.3 is 5.97 Å². The molecule has 0 spiro atoms. The molecule has 10 heteroatoms. The van der Waals surface area contributed by atoms with E-state index in [4.69, 9.17) is 0 Å². The van der Waals surface area contributed by atoms with E-state index in [-0.39, 0.29) is 4.90 Å². The molecule has 0 bridgehead atoms. The number of hydrogen-bond acceptors (Lipinski definition) is 6. The lowest BCUT2D eigenvalue weighted by Gasteiger charge is -2.10. The van der Waals surface area contributed by atoms with Crippen LogP contribution in [0.2, 0.25) is 0 Å². The van der Waals surface area contributed by atoms with Gasteiger partial charge in [-0.2, -0.15) is 4.72 Å². The van der Waals surface area contributed by atoms with Gasteiger partial charge in [0.25, 0.3) is 5.91 Å². The van der Waals surface area contributed by atoms with Crippen molar-refractivity contribution in [3.8, 4) is 0 Å². The molecule has 1 aromatic carbocycles. The molecule has 0 atom stereocenters. The molecule has 0 saturated carbocycles. The Bertz CT molecular complexity index is 745. The maximum absolute atomic E-state index is 12.2. The third-order valence-corrected chi connectivity index (χ3v) is 4.33. The lowest BCUT2D eigenvalue weighted by molar-refractivity contribution is -0.147. The van der Waals surface area contributed by atoms with Crippen molar-refractivity contribution in [1.82, 2.24) is 15.6 Å². The highest BCUT2D eigenvalue weighted by molar-refractivity contribution is 7.89. The molecule has 0 aromatic heterocycles. The largest absolute Gasteiger partial charge is 0.455 e. The molecule has 132 valence electrons. The van der Waals surface area contributed by atoms with Gasteiger partial charge in [-0.3, -0.25) is 25.2 Å². The molecular formula is C14H19N3O6S. The monoisotopic (exact) mass is 357 g/mol. The number of esters is 1. The summed E-state index contributed by atoms with van der Waals surface area (Å²) in [6, 6.07) is 4.93. The third-order valence-electron chi connectivity index (χ3n) is 2.78. The third kappa shape index (κ3) is 6.34. The highest BCUT2D eigenvalue weighted by Gasteiger charge is 2.19. The summed E-state index contributed by atoms with van der Waals surface area (Å²) in [7, 11) is -3.88. The number of hydrogen-bond donors (Lipinski definition) is 3. The Balaban J connectivity index is 2.53. The summed E-state index contributed by atoms with van der Waals surface area (Å²) in [5.74, 6) is -2.17. The molecule has 2 amide bonds. The molecule has 0 radical (unpaired) electrons. The number of hydrazine groups is 1. The molecule has 1 rings (SSSR count). The summed E-state index contributed by atoms with van der Waals surface area (Å²) in [5, 5.41) is 0. The Kier molecular flexibility index (Phi) is 6.86. The van der Waals surface area contributed by atoms with E-state index in [0.29, 0.717) is 5.56 Å². The van der Waals surface area contributed by atoms with Crippen molar-refractivity contribution in [2.45, 2.75) is 25.7 Å². The van der Waals surface area contributed by atoms with Crippen LogP contribution in [-0.4, -0.2) is 39.4 Å². The SMILES string of the molecule is CC(=O)NNC(=O)COC(=O)CNS(=O)(=O)c1cc(C)ccc1C. The van der Waals surface area contributed by atoms with Gasteiger partial charge in [-0.05, 0) is 31.0 Å². The quantitative estimate of drug-likeness (QED) is 0.455. The number of sulfonamides is 1. The van der Waals surface area contributed by atoms with E-state index in [1.807, 2.05) is 10.9 Å². The van der Waals surface area contributed by atoms with Gasteiger partial charge in [-0.1, -0.05) is 12.1 Å². The molecule has 3 N–H and O–H groups in total. The van der Waals surface area contributed by atoms with E-state index in [2.05, 4.69) is 9.46 Å². The lowest BCUT2D eigenvalue weighted by atomic mass is 10.2. The van der Waals surface area contributed by atoms with Crippen LogP contribution >= 0.6 is 0 Å². The smallest absolute Gasteiger partial charge is 0.321 e. The molecule has 9 nitrogen and oxygen atoms in total. The fourth-order valence-corrected chi connectivity index (χ4v) is 2.92. The lowest BCUT2D eigenvalue weighted by Crippen LogP contribution is -2.43. The van der Waals surface area contributed by atoms with Gasteiger partial charge in [0.2, 0.25) is 15.9 Å². The zero-order valence-corrected chi connectivity index (χ0v) is 14.3. The van der Waals surface area contributed by atoms with Gasteiger partial charge in [0, 0.05) is 6.92 Å². The first-order valence-electron chi connectivity index (χ1n) is 6.90. The average Bonchev–Trinajstić information content (AvgIpc) is 2.51. The summed E-state index contributed by atoms with van der Waals surface area (Å²) in [6.45, 7) is 3.31. The number of carbonyl (C=O) groups excluding carboxylic acids is 3. The van der Waals surface area contributed by atoms with Crippen LogP contribution in [0.1, 0.15) is 18.1 Å². The second-order valence-corrected chi connectivity index (χ2v) is 6.72. The molecule has 0 fully saturated rings. The van der Waals surface area contributed by atoms with Crippen LogP contribution in [0, 0.1) is 13.8 Å². The van der Waals surface area contributed by atoms with Crippen molar-refractivity contribution < 1.29 is 27.5 Å². The molecule has 0 unspecified atom stereocenters. The first kappa shape index (κ1) is 19.6. The number of aryl methyl sites for hydroxylation is 2.